The van der Waals surface area contributed by atoms with E-state index in [0.717, 1.165) is 21.8 Å². The Morgan fingerprint density at radius 3 is 2.34 bits per heavy atom. The van der Waals surface area contributed by atoms with E-state index >= 15 is 0 Å². The topological polar surface area (TPSA) is 88.5 Å². The third-order valence-electron chi connectivity index (χ3n) is 6.43. The van der Waals surface area contributed by atoms with Crippen molar-refractivity contribution >= 4 is 63.8 Å². The molecule has 2 aliphatic heterocycles. The highest BCUT2D eigenvalue weighted by molar-refractivity contribution is 8.00. The van der Waals surface area contributed by atoms with Gasteiger partial charge < -0.3 is 5.32 Å². The van der Waals surface area contributed by atoms with Gasteiger partial charge in [0.05, 0.1) is 16.6 Å². The fourth-order valence-electron chi connectivity index (χ4n) is 4.59. The van der Waals surface area contributed by atoms with E-state index in [0.29, 0.717) is 21.4 Å². The van der Waals surface area contributed by atoms with Crippen molar-refractivity contribution in [1.29, 1.82) is 0 Å². The molecule has 3 amide bonds. The van der Waals surface area contributed by atoms with Gasteiger partial charge in [0.25, 0.3) is 0 Å². The van der Waals surface area contributed by atoms with Crippen LogP contribution in [0.4, 0.5) is 11.4 Å². The standard InChI is InChI=1S/C25H22ClN3O4S2/c1-13-4-10-16(11-5-13)29-21(31)18-19(22(29)32)34-23-20(25(18,2)3)35-24(33)28(23)12-17(30)27-15-8-6-14(26)7-9-15/h4-11,18-19H,12H2,1-3H3,(H,27,30). The summed E-state index contributed by atoms with van der Waals surface area (Å²) >= 11 is 8.14. The van der Waals surface area contributed by atoms with Gasteiger partial charge in [0.2, 0.25) is 17.7 Å². The molecule has 1 fully saturated rings. The largest absolute Gasteiger partial charge is 0.325 e. The number of hydrogen-bond acceptors (Lipinski definition) is 6. The van der Waals surface area contributed by atoms with Crippen LogP contribution in [0.5, 0.6) is 0 Å². The zero-order valence-corrected chi connectivity index (χ0v) is 21.6. The summed E-state index contributed by atoms with van der Waals surface area (Å²) in [6, 6.07) is 14.0. The predicted octanol–water partition coefficient (Wildman–Crippen LogP) is 4.45. The van der Waals surface area contributed by atoms with Crippen LogP contribution in [0.1, 0.15) is 24.3 Å². The summed E-state index contributed by atoms with van der Waals surface area (Å²) in [5.74, 6) is -1.54. The molecule has 0 bridgehead atoms. The maximum absolute atomic E-state index is 13.5. The number of imide groups is 1. The number of amides is 3. The molecule has 1 N–H and O–H groups in total. The summed E-state index contributed by atoms with van der Waals surface area (Å²) in [6.07, 6.45) is 0. The van der Waals surface area contributed by atoms with Crippen LogP contribution in [0.2, 0.25) is 5.02 Å². The van der Waals surface area contributed by atoms with Crippen molar-refractivity contribution in [1.82, 2.24) is 4.57 Å². The van der Waals surface area contributed by atoms with Gasteiger partial charge in [-0.15, -0.1) is 0 Å². The molecule has 2 atom stereocenters. The number of aryl methyl sites for hydroxylation is 1. The van der Waals surface area contributed by atoms with Crippen LogP contribution in [-0.4, -0.2) is 27.5 Å². The smallest absolute Gasteiger partial charge is 0.308 e. The lowest BCUT2D eigenvalue weighted by atomic mass is 9.76. The van der Waals surface area contributed by atoms with Gasteiger partial charge in [-0.1, -0.05) is 66.2 Å². The van der Waals surface area contributed by atoms with Gasteiger partial charge in [-0.2, -0.15) is 0 Å². The van der Waals surface area contributed by atoms with Gasteiger partial charge in [-0.05, 0) is 43.3 Å². The van der Waals surface area contributed by atoms with Gasteiger partial charge in [-0.25, -0.2) is 4.90 Å². The Balaban J connectivity index is 1.46. The number of anilines is 2. The van der Waals surface area contributed by atoms with Crippen LogP contribution in [0.25, 0.3) is 0 Å². The molecule has 0 radical (unpaired) electrons. The average Bonchev–Trinajstić information content (AvgIpc) is 3.25. The molecular formula is C25H22ClN3O4S2. The molecule has 10 heteroatoms. The lowest BCUT2D eigenvalue weighted by molar-refractivity contribution is -0.123. The Kier molecular flexibility index (Phi) is 5.89. The molecule has 3 aromatic rings. The first kappa shape index (κ1) is 23.8. The molecule has 0 spiro atoms. The summed E-state index contributed by atoms with van der Waals surface area (Å²) in [5, 5.41) is 3.22. The van der Waals surface area contributed by atoms with Gasteiger partial charge in [0, 0.05) is 21.0 Å². The SMILES string of the molecule is Cc1ccc(N2C(=O)C3Sc4c(sc(=O)n4CC(=O)Nc4ccc(Cl)cc4)C(C)(C)C3C2=O)cc1. The number of aromatic nitrogens is 1. The highest BCUT2D eigenvalue weighted by Crippen LogP contribution is 2.54. The number of nitrogens with one attached hydrogen (secondary N) is 1. The minimum Gasteiger partial charge on any atom is -0.325 e. The van der Waals surface area contributed by atoms with Crippen LogP contribution >= 0.6 is 34.7 Å². The highest BCUT2D eigenvalue weighted by atomic mass is 35.5. The van der Waals surface area contributed by atoms with E-state index in [9.17, 15) is 19.2 Å². The van der Waals surface area contributed by atoms with E-state index in [2.05, 4.69) is 5.32 Å². The maximum Gasteiger partial charge on any atom is 0.308 e. The molecule has 3 heterocycles. The number of nitrogens with zero attached hydrogens (tertiary/aromatic N) is 2. The van der Waals surface area contributed by atoms with E-state index < -0.39 is 16.6 Å². The average molecular weight is 528 g/mol. The first-order valence-electron chi connectivity index (χ1n) is 11.0. The minimum atomic E-state index is -0.751. The summed E-state index contributed by atoms with van der Waals surface area (Å²) in [4.78, 5) is 54.3. The summed E-state index contributed by atoms with van der Waals surface area (Å²) in [7, 11) is 0. The quantitative estimate of drug-likeness (QED) is 0.506. The van der Waals surface area contributed by atoms with E-state index in [1.54, 1.807) is 36.4 Å². The van der Waals surface area contributed by atoms with Crippen molar-refractivity contribution in [2.45, 2.75) is 43.0 Å². The Labute approximate surface area is 215 Å². The Hall–Kier alpha value is -2.88. The number of hydrogen-bond donors (Lipinski definition) is 1. The van der Waals surface area contributed by atoms with Crippen molar-refractivity contribution in [3.05, 3.63) is 73.7 Å². The van der Waals surface area contributed by atoms with Crippen molar-refractivity contribution in [3.8, 4) is 0 Å². The molecule has 180 valence electrons. The maximum atomic E-state index is 13.5. The third-order valence-corrected chi connectivity index (χ3v) is 9.50. The summed E-state index contributed by atoms with van der Waals surface area (Å²) < 4.78 is 1.40. The second-order valence-electron chi connectivity index (χ2n) is 9.23. The van der Waals surface area contributed by atoms with Gasteiger partial charge >= 0.3 is 4.87 Å². The normalized spacial score (nSPS) is 20.5. The molecular weight excluding hydrogens is 506 g/mol. The second-order valence-corrected chi connectivity index (χ2v) is 11.8. The van der Waals surface area contributed by atoms with E-state index in [1.807, 2.05) is 32.9 Å². The molecule has 1 aromatic heterocycles. The zero-order valence-electron chi connectivity index (χ0n) is 19.2. The number of carbonyl (C=O) groups is 3. The minimum absolute atomic E-state index is 0.197. The monoisotopic (exact) mass is 527 g/mol. The number of thioether (sulfide) groups is 1. The zero-order chi connectivity index (χ0) is 25.1. The van der Waals surface area contributed by atoms with Crippen molar-refractivity contribution in [2.75, 3.05) is 10.2 Å². The lowest BCUT2D eigenvalue weighted by Crippen LogP contribution is -2.41. The van der Waals surface area contributed by atoms with Gasteiger partial charge in [0.1, 0.15) is 11.8 Å². The molecule has 7 nitrogen and oxygen atoms in total. The first-order valence-corrected chi connectivity index (χ1v) is 13.1. The molecule has 2 aromatic carbocycles. The predicted molar refractivity (Wildman–Crippen MR) is 138 cm³/mol. The van der Waals surface area contributed by atoms with E-state index in [4.69, 9.17) is 11.6 Å². The number of carbonyl (C=O) groups excluding carboxylic acids is 3. The Morgan fingerprint density at radius 1 is 1.03 bits per heavy atom. The van der Waals surface area contributed by atoms with Crippen LogP contribution in [-0.2, 0) is 26.3 Å². The molecule has 35 heavy (non-hydrogen) atoms. The number of halogens is 1. The molecule has 1 saturated heterocycles. The van der Waals surface area contributed by atoms with E-state index in [1.165, 1.54) is 21.2 Å². The van der Waals surface area contributed by atoms with Crippen molar-refractivity contribution < 1.29 is 14.4 Å². The van der Waals surface area contributed by atoms with Crippen LogP contribution in [0.15, 0.2) is 58.4 Å². The first-order chi connectivity index (χ1) is 16.6. The van der Waals surface area contributed by atoms with Crippen molar-refractivity contribution in [2.24, 2.45) is 5.92 Å². The van der Waals surface area contributed by atoms with E-state index in [-0.39, 0.29) is 29.1 Å². The second kappa shape index (κ2) is 8.65. The third kappa shape index (κ3) is 4.01. The molecule has 2 unspecified atom stereocenters. The number of benzene rings is 2. The number of rotatable bonds is 4. The molecule has 0 aliphatic carbocycles. The van der Waals surface area contributed by atoms with Crippen LogP contribution in [0, 0.1) is 12.8 Å². The van der Waals surface area contributed by atoms with Crippen LogP contribution < -0.4 is 15.1 Å². The fraction of sp³-hybridized carbons (Fsp3) is 0.280. The molecule has 0 saturated carbocycles. The highest BCUT2D eigenvalue weighted by Gasteiger charge is 2.59. The van der Waals surface area contributed by atoms with Crippen LogP contribution in [0.3, 0.4) is 0 Å². The molecule has 5 rings (SSSR count). The van der Waals surface area contributed by atoms with Crippen molar-refractivity contribution in [3.63, 3.8) is 0 Å². The number of fused-ring (bicyclic) bond motifs is 2. The lowest BCUT2D eigenvalue weighted by Gasteiger charge is -2.36. The Bertz CT molecular complexity index is 1410. The summed E-state index contributed by atoms with van der Waals surface area (Å²) in [5.41, 5.74) is 1.39. The van der Waals surface area contributed by atoms with Gasteiger partial charge in [0.15, 0.2) is 0 Å². The Morgan fingerprint density at radius 2 is 1.69 bits per heavy atom. The van der Waals surface area contributed by atoms with Gasteiger partial charge in [-0.3, -0.25) is 23.7 Å². The molecule has 2 aliphatic rings. The summed E-state index contributed by atoms with van der Waals surface area (Å²) in [6.45, 7) is 5.52. The number of thiazole rings is 1. The fourth-order valence-corrected chi connectivity index (χ4v) is 7.76.